The molecule has 0 bridgehead atoms. The molecule has 17 heavy (non-hydrogen) atoms. The lowest BCUT2D eigenvalue weighted by Crippen LogP contribution is -2.31. The van der Waals surface area contributed by atoms with Crippen LogP contribution in [0.4, 0.5) is 4.79 Å². The Morgan fingerprint density at radius 2 is 2.18 bits per heavy atom. The molecule has 1 rings (SSSR count). The number of carboxylic acid groups (broad SMARTS) is 1. The number of carbonyl (C=O) groups is 2. The molecule has 0 aromatic heterocycles. The van der Waals surface area contributed by atoms with Crippen LogP contribution in [0.3, 0.4) is 0 Å². The van der Waals surface area contributed by atoms with Crippen molar-refractivity contribution >= 4 is 12.1 Å². The van der Waals surface area contributed by atoms with Gasteiger partial charge in [0.2, 0.25) is 0 Å². The molecule has 0 aromatic rings. The van der Waals surface area contributed by atoms with E-state index in [9.17, 15) is 14.7 Å². The van der Waals surface area contributed by atoms with Gasteiger partial charge in [-0.3, -0.25) is 4.79 Å². The average Bonchev–Trinajstić information content (AvgIpc) is 2.28. The Labute approximate surface area is 101 Å². The van der Waals surface area contributed by atoms with Gasteiger partial charge in [-0.05, 0) is 38.7 Å². The Balaban J connectivity index is 2.65. The van der Waals surface area contributed by atoms with Crippen molar-refractivity contribution < 1.29 is 19.4 Å². The molecule has 2 atom stereocenters. The molecule has 0 unspecified atom stereocenters. The minimum Gasteiger partial charge on any atom is -0.481 e. The molecule has 0 heterocycles. The van der Waals surface area contributed by atoms with Crippen molar-refractivity contribution in [2.24, 2.45) is 5.41 Å². The Hall–Kier alpha value is -1.52. The van der Waals surface area contributed by atoms with Gasteiger partial charge in [0.25, 0.3) is 0 Å². The molecule has 0 aromatic carbocycles. The molecule has 1 aliphatic carbocycles. The molecule has 5 heteroatoms. The molecule has 96 valence electrons. The molecule has 0 spiro atoms. The maximum atomic E-state index is 11.2. The molecular weight excluding hydrogens is 222 g/mol. The number of ether oxygens (including phenoxy) is 1. The first kappa shape index (κ1) is 13.5. The van der Waals surface area contributed by atoms with Gasteiger partial charge in [0, 0.05) is 7.05 Å². The number of hydrogen-bond acceptors (Lipinski definition) is 3. The van der Waals surface area contributed by atoms with Crippen LogP contribution in [0.1, 0.15) is 32.6 Å². The molecule has 0 radical (unpaired) electrons. The second-order valence-electron chi connectivity index (χ2n) is 4.57. The van der Waals surface area contributed by atoms with Crippen molar-refractivity contribution in [1.29, 1.82) is 0 Å². The smallest absolute Gasteiger partial charge is 0.407 e. The first-order valence-electron chi connectivity index (χ1n) is 5.76. The van der Waals surface area contributed by atoms with Crippen LogP contribution in [0.25, 0.3) is 0 Å². The number of nitrogens with one attached hydrogen (secondary N) is 1. The largest absolute Gasteiger partial charge is 0.481 e. The molecule has 2 N–H and O–H groups in total. The fourth-order valence-electron chi connectivity index (χ4n) is 1.84. The highest BCUT2D eigenvalue weighted by atomic mass is 16.6. The summed E-state index contributed by atoms with van der Waals surface area (Å²) in [7, 11) is 1.50. The van der Waals surface area contributed by atoms with E-state index in [2.05, 4.69) is 5.32 Å². The summed E-state index contributed by atoms with van der Waals surface area (Å²) in [5, 5.41) is 11.6. The summed E-state index contributed by atoms with van der Waals surface area (Å²) >= 11 is 0. The van der Waals surface area contributed by atoms with Crippen LogP contribution in [-0.4, -0.2) is 30.3 Å². The number of allylic oxidation sites excluding steroid dienone is 1. The average molecular weight is 241 g/mol. The SMILES string of the molecule is CNC(=O)O[C@@H]1/C=C/CC[C@](C)(C(=O)O)CC1. The van der Waals surface area contributed by atoms with E-state index in [-0.39, 0.29) is 6.10 Å². The number of hydrogen-bond donors (Lipinski definition) is 2. The molecule has 0 saturated carbocycles. The predicted octanol–water partition coefficient (Wildman–Crippen LogP) is 1.93. The van der Waals surface area contributed by atoms with Gasteiger partial charge in [-0.25, -0.2) is 4.79 Å². The van der Waals surface area contributed by atoms with E-state index in [1.807, 2.05) is 12.2 Å². The van der Waals surface area contributed by atoms with E-state index in [4.69, 9.17) is 4.74 Å². The summed E-state index contributed by atoms with van der Waals surface area (Å²) in [6.07, 6.45) is 5.24. The van der Waals surface area contributed by atoms with Gasteiger partial charge in [0.1, 0.15) is 6.10 Å². The first-order valence-corrected chi connectivity index (χ1v) is 5.76. The molecule has 5 nitrogen and oxygen atoms in total. The molecule has 0 aliphatic heterocycles. The van der Waals surface area contributed by atoms with Gasteiger partial charge in [-0.1, -0.05) is 6.08 Å². The second kappa shape index (κ2) is 5.70. The maximum absolute atomic E-state index is 11.2. The Kier molecular flexibility index (Phi) is 4.54. The molecule has 1 amide bonds. The van der Waals surface area contributed by atoms with Crippen molar-refractivity contribution in [3.05, 3.63) is 12.2 Å². The molecular formula is C12H19NO4. The third-order valence-corrected chi connectivity index (χ3v) is 3.17. The zero-order valence-electron chi connectivity index (χ0n) is 10.2. The van der Waals surface area contributed by atoms with Gasteiger partial charge >= 0.3 is 12.1 Å². The quantitative estimate of drug-likeness (QED) is 0.724. The number of amides is 1. The van der Waals surface area contributed by atoms with Crippen LogP contribution in [0.15, 0.2) is 12.2 Å². The van der Waals surface area contributed by atoms with Gasteiger partial charge < -0.3 is 15.2 Å². The zero-order valence-corrected chi connectivity index (χ0v) is 10.2. The summed E-state index contributed by atoms with van der Waals surface area (Å²) in [5.74, 6) is -0.786. The van der Waals surface area contributed by atoms with Crippen LogP contribution >= 0.6 is 0 Å². The second-order valence-corrected chi connectivity index (χ2v) is 4.57. The maximum Gasteiger partial charge on any atom is 0.407 e. The third kappa shape index (κ3) is 3.76. The third-order valence-electron chi connectivity index (χ3n) is 3.17. The lowest BCUT2D eigenvalue weighted by molar-refractivity contribution is -0.149. The predicted molar refractivity (Wildman–Crippen MR) is 62.7 cm³/mol. The molecule has 0 saturated heterocycles. The van der Waals surface area contributed by atoms with E-state index >= 15 is 0 Å². The van der Waals surface area contributed by atoms with Crippen LogP contribution in [-0.2, 0) is 9.53 Å². The van der Waals surface area contributed by atoms with Crippen molar-refractivity contribution in [2.45, 2.75) is 38.7 Å². The van der Waals surface area contributed by atoms with Crippen LogP contribution in [0, 0.1) is 5.41 Å². The van der Waals surface area contributed by atoms with E-state index < -0.39 is 17.5 Å². The fraction of sp³-hybridized carbons (Fsp3) is 0.667. The Bertz CT molecular complexity index is 326. The van der Waals surface area contributed by atoms with E-state index in [1.54, 1.807) is 6.92 Å². The van der Waals surface area contributed by atoms with E-state index in [0.29, 0.717) is 25.7 Å². The highest BCUT2D eigenvalue weighted by Crippen LogP contribution is 2.32. The minimum atomic E-state index is -0.786. The lowest BCUT2D eigenvalue weighted by Gasteiger charge is -2.27. The number of carbonyl (C=O) groups excluding carboxylic acids is 1. The summed E-state index contributed by atoms with van der Waals surface area (Å²) in [6.45, 7) is 1.74. The van der Waals surface area contributed by atoms with Crippen LogP contribution in [0.2, 0.25) is 0 Å². The number of aliphatic carboxylic acids is 1. The fourth-order valence-corrected chi connectivity index (χ4v) is 1.84. The van der Waals surface area contributed by atoms with Gasteiger partial charge in [-0.15, -0.1) is 0 Å². The number of alkyl carbamates (subject to hydrolysis) is 1. The molecule has 1 aliphatic rings. The van der Waals surface area contributed by atoms with Crippen LogP contribution in [0.5, 0.6) is 0 Å². The highest BCUT2D eigenvalue weighted by molar-refractivity contribution is 5.74. The first-order chi connectivity index (χ1) is 7.98. The molecule has 0 fully saturated rings. The summed E-state index contributed by atoms with van der Waals surface area (Å²) in [5.41, 5.74) is -0.727. The van der Waals surface area contributed by atoms with Crippen molar-refractivity contribution in [3.63, 3.8) is 0 Å². The van der Waals surface area contributed by atoms with E-state index in [0.717, 1.165) is 0 Å². The highest BCUT2D eigenvalue weighted by Gasteiger charge is 2.33. The summed E-state index contributed by atoms with van der Waals surface area (Å²) in [6, 6.07) is 0. The minimum absolute atomic E-state index is 0.339. The lowest BCUT2D eigenvalue weighted by atomic mass is 9.79. The standard InChI is InChI=1S/C12H19NO4/c1-12(10(14)15)7-4-3-5-9(6-8-12)17-11(16)13-2/h3,5,9H,4,6-8H2,1-2H3,(H,13,16)(H,14,15)/b5-3+/t9-,12+/m1/s1. The van der Waals surface area contributed by atoms with Crippen molar-refractivity contribution in [3.8, 4) is 0 Å². The van der Waals surface area contributed by atoms with Gasteiger partial charge in [0.05, 0.1) is 5.41 Å². The Morgan fingerprint density at radius 3 is 2.76 bits per heavy atom. The van der Waals surface area contributed by atoms with Crippen molar-refractivity contribution in [2.75, 3.05) is 7.05 Å². The normalized spacial score (nSPS) is 30.8. The summed E-state index contributed by atoms with van der Waals surface area (Å²) < 4.78 is 5.12. The number of carboxylic acids is 1. The zero-order chi connectivity index (χ0) is 12.9. The van der Waals surface area contributed by atoms with Gasteiger partial charge in [-0.2, -0.15) is 0 Å². The van der Waals surface area contributed by atoms with Crippen molar-refractivity contribution in [1.82, 2.24) is 5.32 Å². The summed E-state index contributed by atoms with van der Waals surface area (Å²) in [4.78, 5) is 22.3. The topological polar surface area (TPSA) is 75.6 Å². The van der Waals surface area contributed by atoms with E-state index in [1.165, 1.54) is 7.05 Å². The number of rotatable bonds is 2. The monoisotopic (exact) mass is 241 g/mol. The van der Waals surface area contributed by atoms with Crippen LogP contribution < -0.4 is 5.32 Å². The Morgan fingerprint density at radius 1 is 1.47 bits per heavy atom. The van der Waals surface area contributed by atoms with Gasteiger partial charge in [0.15, 0.2) is 0 Å².